The standard InChI is InChI=1S/C9H5N3OS2/c1-10-7-6(5-2-3-15-4-5)11-9(14)12-8(7)13/h2-4H,(H2,11,12,13,14). The molecular formula is C9H5N3OS2. The van der Waals surface area contributed by atoms with E-state index in [1.54, 1.807) is 0 Å². The topological polar surface area (TPSA) is 53.0 Å². The van der Waals surface area contributed by atoms with Crippen LogP contribution in [0.1, 0.15) is 0 Å². The minimum absolute atomic E-state index is 0.0435. The Labute approximate surface area is 94.1 Å². The van der Waals surface area contributed by atoms with Crippen LogP contribution in [0.15, 0.2) is 21.6 Å². The maximum Gasteiger partial charge on any atom is 0.273 e. The summed E-state index contributed by atoms with van der Waals surface area (Å²) in [5.74, 6) is 0. The maximum atomic E-state index is 11.4. The summed E-state index contributed by atoms with van der Waals surface area (Å²) in [6.45, 7) is 6.95. The van der Waals surface area contributed by atoms with E-state index in [1.807, 2.05) is 16.8 Å². The number of hydrogen-bond donors (Lipinski definition) is 2. The van der Waals surface area contributed by atoms with E-state index in [1.165, 1.54) is 11.3 Å². The summed E-state index contributed by atoms with van der Waals surface area (Å²) >= 11 is 6.35. The number of aromatic amines is 2. The maximum absolute atomic E-state index is 11.4. The average molecular weight is 235 g/mol. The third-order valence-electron chi connectivity index (χ3n) is 1.84. The molecule has 0 saturated carbocycles. The first-order chi connectivity index (χ1) is 7.22. The molecule has 6 heteroatoms. The average Bonchev–Trinajstić information content (AvgIpc) is 2.69. The van der Waals surface area contributed by atoms with Crippen molar-refractivity contribution >= 4 is 29.2 Å². The highest BCUT2D eigenvalue weighted by atomic mass is 32.1. The van der Waals surface area contributed by atoms with Gasteiger partial charge in [-0.05, 0) is 34.6 Å². The van der Waals surface area contributed by atoms with Crippen LogP contribution < -0.4 is 5.56 Å². The summed E-state index contributed by atoms with van der Waals surface area (Å²) in [5, 5.41) is 3.73. The Morgan fingerprint density at radius 1 is 1.47 bits per heavy atom. The molecule has 0 unspecified atom stereocenters. The molecule has 2 heterocycles. The first-order valence-electron chi connectivity index (χ1n) is 3.99. The Kier molecular flexibility index (Phi) is 2.49. The zero-order chi connectivity index (χ0) is 10.8. The van der Waals surface area contributed by atoms with Crippen molar-refractivity contribution in [3.63, 3.8) is 0 Å². The Balaban J connectivity index is 2.83. The molecule has 74 valence electrons. The van der Waals surface area contributed by atoms with Crippen molar-refractivity contribution in [1.29, 1.82) is 0 Å². The van der Waals surface area contributed by atoms with Crippen LogP contribution in [0.2, 0.25) is 0 Å². The molecule has 2 aromatic heterocycles. The predicted molar refractivity (Wildman–Crippen MR) is 61.8 cm³/mol. The van der Waals surface area contributed by atoms with Crippen molar-refractivity contribution in [3.8, 4) is 11.3 Å². The van der Waals surface area contributed by atoms with Crippen LogP contribution >= 0.6 is 23.6 Å². The van der Waals surface area contributed by atoms with Crippen LogP contribution in [0.4, 0.5) is 5.69 Å². The van der Waals surface area contributed by atoms with Crippen LogP contribution in [0.25, 0.3) is 16.1 Å². The quantitative estimate of drug-likeness (QED) is 0.590. The molecule has 0 bridgehead atoms. The van der Waals surface area contributed by atoms with Crippen LogP contribution in [0, 0.1) is 11.3 Å². The van der Waals surface area contributed by atoms with Crippen molar-refractivity contribution in [3.05, 3.63) is 43.4 Å². The molecule has 2 N–H and O–H groups in total. The first kappa shape index (κ1) is 9.83. The van der Waals surface area contributed by atoms with E-state index in [2.05, 4.69) is 14.8 Å². The van der Waals surface area contributed by atoms with Crippen LogP contribution in [-0.2, 0) is 0 Å². The van der Waals surface area contributed by atoms with Gasteiger partial charge in [-0.15, -0.1) is 0 Å². The van der Waals surface area contributed by atoms with E-state index >= 15 is 0 Å². The number of hydrogen-bond acceptors (Lipinski definition) is 3. The van der Waals surface area contributed by atoms with E-state index in [9.17, 15) is 4.79 Å². The Morgan fingerprint density at radius 2 is 2.27 bits per heavy atom. The summed E-state index contributed by atoms with van der Waals surface area (Å²) in [5.41, 5.74) is 0.889. The highest BCUT2D eigenvalue weighted by molar-refractivity contribution is 7.71. The fourth-order valence-corrected chi connectivity index (χ4v) is 2.04. The second-order valence-electron chi connectivity index (χ2n) is 2.76. The largest absolute Gasteiger partial charge is 0.341 e. The highest BCUT2D eigenvalue weighted by Crippen LogP contribution is 2.26. The number of aromatic nitrogens is 2. The molecule has 2 aromatic rings. The van der Waals surface area contributed by atoms with Gasteiger partial charge in [0.25, 0.3) is 11.2 Å². The number of rotatable bonds is 1. The molecule has 0 saturated heterocycles. The predicted octanol–water partition coefficient (Wildman–Crippen LogP) is 2.71. The Morgan fingerprint density at radius 3 is 2.87 bits per heavy atom. The fraction of sp³-hybridized carbons (Fsp3) is 0. The minimum atomic E-state index is -0.449. The van der Waals surface area contributed by atoms with Gasteiger partial charge in [0, 0.05) is 0 Å². The van der Waals surface area contributed by atoms with Crippen molar-refractivity contribution < 1.29 is 0 Å². The number of nitrogens with zero attached hydrogens (tertiary/aromatic N) is 1. The van der Waals surface area contributed by atoms with Gasteiger partial charge in [0.05, 0.1) is 12.3 Å². The SMILES string of the molecule is [C-]#[N+]c1c(-c2ccsc2)[nH]c(=S)[nH]c1=O. The van der Waals surface area contributed by atoms with Gasteiger partial charge < -0.3 is 9.97 Å². The molecule has 0 aliphatic carbocycles. The third kappa shape index (κ3) is 1.75. The molecule has 0 radical (unpaired) electrons. The van der Waals surface area contributed by atoms with Crippen LogP contribution in [0.5, 0.6) is 0 Å². The minimum Gasteiger partial charge on any atom is -0.341 e. The van der Waals surface area contributed by atoms with Crippen molar-refractivity contribution in [2.24, 2.45) is 0 Å². The van der Waals surface area contributed by atoms with Crippen molar-refractivity contribution in [2.45, 2.75) is 0 Å². The van der Waals surface area contributed by atoms with Crippen LogP contribution in [0.3, 0.4) is 0 Å². The molecule has 4 nitrogen and oxygen atoms in total. The van der Waals surface area contributed by atoms with E-state index in [-0.39, 0.29) is 10.5 Å². The van der Waals surface area contributed by atoms with E-state index in [4.69, 9.17) is 18.8 Å². The zero-order valence-electron chi connectivity index (χ0n) is 7.40. The summed E-state index contributed by atoms with van der Waals surface area (Å²) in [6.07, 6.45) is 0. The van der Waals surface area contributed by atoms with Crippen molar-refractivity contribution in [1.82, 2.24) is 9.97 Å². The number of nitrogens with one attached hydrogen (secondary N) is 2. The summed E-state index contributed by atoms with van der Waals surface area (Å²) in [4.78, 5) is 19.8. The van der Waals surface area contributed by atoms with E-state index in [0.29, 0.717) is 5.69 Å². The molecule has 0 aromatic carbocycles. The zero-order valence-corrected chi connectivity index (χ0v) is 9.04. The normalized spacial score (nSPS) is 9.80. The summed E-state index contributed by atoms with van der Waals surface area (Å²) < 4.78 is 0.230. The molecule has 0 fully saturated rings. The lowest BCUT2D eigenvalue weighted by molar-refractivity contribution is 1.10. The molecule has 2 rings (SSSR count). The lowest BCUT2D eigenvalue weighted by Gasteiger charge is -2.00. The molecule has 0 atom stereocenters. The monoisotopic (exact) mass is 235 g/mol. The van der Waals surface area contributed by atoms with Gasteiger partial charge in [-0.3, -0.25) is 4.79 Å². The van der Waals surface area contributed by atoms with Gasteiger partial charge in [-0.2, -0.15) is 11.3 Å². The fourth-order valence-electron chi connectivity index (χ4n) is 1.20. The van der Waals surface area contributed by atoms with Gasteiger partial charge in [0.15, 0.2) is 4.77 Å². The Hall–Kier alpha value is -1.71. The first-order valence-corrected chi connectivity index (χ1v) is 5.34. The van der Waals surface area contributed by atoms with Gasteiger partial charge in [0.1, 0.15) is 0 Å². The number of H-pyrrole nitrogens is 2. The summed E-state index contributed by atoms with van der Waals surface area (Å²) in [7, 11) is 0. The smallest absolute Gasteiger partial charge is 0.273 e. The second kappa shape index (κ2) is 3.81. The van der Waals surface area contributed by atoms with E-state index in [0.717, 1.165) is 5.56 Å². The second-order valence-corrected chi connectivity index (χ2v) is 3.94. The van der Waals surface area contributed by atoms with Gasteiger partial charge in [0.2, 0.25) is 0 Å². The van der Waals surface area contributed by atoms with Gasteiger partial charge in [-0.1, -0.05) is 0 Å². The van der Waals surface area contributed by atoms with E-state index < -0.39 is 5.56 Å². The van der Waals surface area contributed by atoms with Gasteiger partial charge >= 0.3 is 0 Å². The lowest BCUT2D eigenvalue weighted by atomic mass is 10.2. The molecule has 0 aliphatic heterocycles. The molecule has 0 aliphatic rings. The van der Waals surface area contributed by atoms with Gasteiger partial charge in [-0.25, -0.2) is 4.85 Å². The molecular weight excluding hydrogens is 230 g/mol. The number of thiophene rings is 1. The molecule has 0 amide bonds. The molecule has 0 spiro atoms. The Bertz CT molecular complexity index is 631. The lowest BCUT2D eigenvalue weighted by Crippen LogP contribution is -2.07. The van der Waals surface area contributed by atoms with Crippen molar-refractivity contribution in [2.75, 3.05) is 0 Å². The highest BCUT2D eigenvalue weighted by Gasteiger charge is 2.10. The molecule has 15 heavy (non-hydrogen) atoms. The third-order valence-corrected chi connectivity index (χ3v) is 2.73. The van der Waals surface area contributed by atoms with Crippen LogP contribution in [-0.4, -0.2) is 9.97 Å². The summed E-state index contributed by atoms with van der Waals surface area (Å²) in [6, 6.07) is 1.83.